The molecule has 3 aliphatic heterocycles. The zero-order valence-electron chi connectivity index (χ0n) is 14.5. The molecule has 25 heavy (non-hydrogen) atoms. The molecule has 2 atom stereocenters. The summed E-state index contributed by atoms with van der Waals surface area (Å²) in [4.78, 5) is 0. The molecule has 0 saturated carbocycles. The fraction of sp³-hybridized carbons (Fsp3) is 0.400. The van der Waals surface area contributed by atoms with Gasteiger partial charge in [-0.3, -0.25) is 0 Å². The van der Waals surface area contributed by atoms with Crippen LogP contribution in [0.2, 0.25) is 0 Å². The Morgan fingerprint density at radius 2 is 1.96 bits per heavy atom. The summed E-state index contributed by atoms with van der Waals surface area (Å²) in [5, 5.41) is 10.1. The van der Waals surface area contributed by atoms with Crippen LogP contribution in [-0.2, 0) is 19.4 Å². The maximum atomic E-state index is 10.1. The minimum atomic E-state index is 0.229. The van der Waals surface area contributed by atoms with Crippen LogP contribution in [0.5, 0.6) is 23.0 Å². The first-order chi connectivity index (χ1) is 12.1. The third-order valence-corrected chi connectivity index (χ3v) is 6.11. The Hall–Kier alpha value is -2.40. The molecule has 0 unspecified atom stereocenters. The molecule has 1 N–H and O–H groups in total. The Morgan fingerprint density at radius 1 is 1.16 bits per heavy atom. The summed E-state index contributed by atoms with van der Waals surface area (Å²) in [5.74, 6) is 2.60. The van der Waals surface area contributed by atoms with E-state index < -0.39 is 0 Å². The second-order valence-corrected chi connectivity index (χ2v) is 7.49. The fourth-order valence-corrected chi connectivity index (χ4v) is 4.73. The lowest BCUT2D eigenvalue weighted by Gasteiger charge is -2.49. The first-order valence-electron chi connectivity index (χ1n) is 8.73. The van der Waals surface area contributed by atoms with Gasteiger partial charge < -0.3 is 23.8 Å². The first kappa shape index (κ1) is 14.9. The lowest BCUT2D eigenvalue weighted by molar-refractivity contribution is -0.956. The van der Waals surface area contributed by atoms with Gasteiger partial charge in [-0.15, -0.1) is 0 Å². The summed E-state index contributed by atoms with van der Waals surface area (Å²) in [7, 11) is 3.94. The van der Waals surface area contributed by atoms with E-state index in [9.17, 15) is 5.11 Å². The van der Waals surface area contributed by atoms with Crippen LogP contribution in [0.3, 0.4) is 0 Å². The average Bonchev–Trinajstić information content (AvgIpc) is 3.06. The summed E-state index contributed by atoms with van der Waals surface area (Å²) in [6, 6.07) is 8.52. The minimum Gasteiger partial charge on any atom is -0.504 e. The molecule has 2 aromatic rings. The summed E-state index contributed by atoms with van der Waals surface area (Å²) < 4.78 is 17.6. The Labute approximate surface area is 146 Å². The number of fused-ring (bicyclic) bond motifs is 5. The molecule has 5 nitrogen and oxygen atoms in total. The lowest BCUT2D eigenvalue weighted by atomic mass is 9.81. The van der Waals surface area contributed by atoms with Gasteiger partial charge in [0, 0.05) is 18.4 Å². The molecule has 0 radical (unpaired) electrons. The molecule has 0 bridgehead atoms. The van der Waals surface area contributed by atoms with E-state index in [-0.39, 0.29) is 5.75 Å². The number of hydrogen-bond donors (Lipinski definition) is 1. The smallest absolute Gasteiger partial charge is 0.231 e. The molecule has 0 amide bonds. The highest BCUT2D eigenvalue weighted by molar-refractivity contribution is 5.53. The average molecular weight is 340 g/mol. The first-order valence-corrected chi connectivity index (χ1v) is 8.73. The molecule has 3 heterocycles. The van der Waals surface area contributed by atoms with Crippen molar-refractivity contribution in [3.8, 4) is 23.0 Å². The number of phenols is 1. The molecule has 0 aliphatic carbocycles. The van der Waals surface area contributed by atoms with E-state index in [0.29, 0.717) is 18.6 Å². The van der Waals surface area contributed by atoms with E-state index in [1.807, 2.05) is 6.07 Å². The molecule has 2 aromatic carbocycles. The van der Waals surface area contributed by atoms with Gasteiger partial charge in [0.25, 0.3) is 0 Å². The van der Waals surface area contributed by atoms with Crippen LogP contribution in [0.4, 0.5) is 0 Å². The number of rotatable bonds is 1. The number of phenolic OH excluding ortho intramolecular Hbond substituents is 1. The van der Waals surface area contributed by atoms with Crippen molar-refractivity contribution < 1.29 is 23.8 Å². The standard InChI is InChI=1S/C20H21NO4/c1-21-6-5-13-8-18-19(25-11-24-18)9-14(13)16(21)7-12-3-4-17(22)20(23-2)15(12)10-21/h3-4,8-9,16H,5-7,10-11H2,1-2H3/p+1/t16-,21-/m0/s1. The Morgan fingerprint density at radius 3 is 2.76 bits per heavy atom. The van der Waals surface area contributed by atoms with Gasteiger partial charge in [-0.25, -0.2) is 0 Å². The van der Waals surface area contributed by atoms with Crippen molar-refractivity contribution in [2.24, 2.45) is 0 Å². The van der Waals surface area contributed by atoms with Crippen LogP contribution in [0, 0.1) is 0 Å². The third-order valence-electron chi connectivity index (χ3n) is 6.11. The van der Waals surface area contributed by atoms with Gasteiger partial charge in [0.2, 0.25) is 6.79 Å². The van der Waals surface area contributed by atoms with Gasteiger partial charge in [-0.05, 0) is 29.3 Å². The Balaban J connectivity index is 1.63. The number of ether oxygens (including phenoxy) is 3. The molecule has 5 heteroatoms. The predicted molar refractivity (Wildman–Crippen MR) is 92.1 cm³/mol. The summed E-state index contributed by atoms with van der Waals surface area (Å²) in [5.41, 5.74) is 5.15. The topological polar surface area (TPSA) is 47.9 Å². The quantitative estimate of drug-likeness (QED) is 0.811. The number of likely N-dealkylation sites (N-methyl/N-ethyl adjacent to an activating group) is 1. The number of aromatic hydroxyl groups is 1. The normalized spacial score (nSPS) is 25.8. The molecule has 0 saturated heterocycles. The molecule has 3 aliphatic rings. The molecule has 0 fully saturated rings. The molecule has 0 spiro atoms. The lowest BCUT2D eigenvalue weighted by Crippen LogP contribution is -2.53. The van der Waals surface area contributed by atoms with E-state index in [4.69, 9.17) is 14.2 Å². The van der Waals surface area contributed by atoms with Crippen molar-refractivity contribution in [3.63, 3.8) is 0 Å². The third kappa shape index (κ3) is 2.05. The van der Waals surface area contributed by atoms with Crippen molar-refractivity contribution in [3.05, 3.63) is 46.5 Å². The van der Waals surface area contributed by atoms with E-state index >= 15 is 0 Å². The van der Waals surface area contributed by atoms with Crippen LogP contribution in [0.1, 0.15) is 28.3 Å². The summed E-state index contributed by atoms with van der Waals surface area (Å²) in [6.07, 6.45) is 1.96. The maximum absolute atomic E-state index is 10.1. The number of hydrogen-bond acceptors (Lipinski definition) is 4. The van der Waals surface area contributed by atoms with Gasteiger partial charge in [-0.1, -0.05) is 6.07 Å². The second-order valence-electron chi connectivity index (χ2n) is 7.49. The van der Waals surface area contributed by atoms with E-state index in [1.165, 1.54) is 16.7 Å². The van der Waals surface area contributed by atoms with Crippen molar-refractivity contribution in [2.45, 2.75) is 25.4 Å². The Kier molecular flexibility index (Phi) is 3.01. The SMILES string of the molecule is COc1c(O)ccc2c1C[N@+]1(C)CCc3cc4c(cc3[C@@H]1C2)OCO4. The van der Waals surface area contributed by atoms with Crippen LogP contribution >= 0.6 is 0 Å². The fourth-order valence-electron chi connectivity index (χ4n) is 4.73. The zero-order chi connectivity index (χ0) is 17.2. The van der Waals surface area contributed by atoms with Gasteiger partial charge >= 0.3 is 0 Å². The van der Waals surface area contributed by atoms with Crippen molar-refractivity contribution >= 4 is 0 Å². The van der Waals surface area contributed by atoms with Crippen molar-refractivity contribution in [2.75, 3.05) is 27.5 Å². The highest BCUT2D eigenvalue weighted by atomic mass is 16.7. The summed E-state index contributed by atoms with van der Waals surface area (Å²) in [6.45, 7) is 2.25. The van der Waals surface area contributed by atoms with Crippen LogP contribution < -0.4 is 14.2 Å². The van der Waals surface area contributed by atoms with Gasteiger partial charge in [-0.2, -0.15) is 0 Å². The second kappa shape index (κ2) is 5.05. The van der Waals surface area contributed by atoms with E-state index in [1.54, 1.807) is 13.2 Å². The highest BCUT2D eigenvalue weighted by Gasteiger charge is 2.44. The number of nitrogens with zero attached hydrogens (tertiary/aromatic N) is 1. The van der Waals surface area contributed by atoms with Gasteiger partial charge in [0.1, 0.15) is 12.6 Å². The minimum absolute atomic E-state index is 0.229. The largest absolute Gasteiger partial charge is 0.504 e. The number of benzene rings is 2. The van der Waals surface area contributed by atoms with Gasteiger partial charge in [0.05, 0.1) is 26.3 Å². The van der Waals surface area contributed by atoms with Crippen molar-refractivity contribution in [1.82, 2.24) is 0 Å². The molecular formula is C20H22NO4+. The van der Waals surface area contributed by atoms with Crippen LogP contribution in [0.25, 0.3) is 0 Å². The predicted octanol–water partition coefficient (Wildman–Crippen LogP) is 2.93. The monoisotopic (exact) mass is 340 g/mol. The van der Waals surface area contributed by atoms with E-state index in [0.717, 1.165) is 47.5 Å². The van der Waals surface area contributed by atoms with E-state index in [2.05, 4.69) is 19.2 Å². The van der Waals surface area contributed by atoms with Crippen LogP contribution in [0.15, 0.2) is 24.3 Å². The van der Waals surface area contributed by atoms with Crippen molar-refractivity contribution in [1.29, 1.82) is 0 Å². The molecule has 130 valence electrons. The molecular weight excluding hydrogens is 318 g/mol. The highest BCUT2D eigenvalue weighted by Crippen LogP contribution is 2.49. The van der Waals surface area contributed by atoms with Crippen LogP contribution in [-0.4, -0.2) is 37.1 Å². The molecule has 5 rings (SSSR count). The number of methoxy groups -OCH3 is 1. The Bertz CT molecular complexity index is 878. The number of quaternary nitrogens is 1. The zero-order valence-corrected chi connectivity index (χ0v) is 14.5. The maximum Gasteiger partial charge on any atom is 0.231 e. The molecule has 0 aromatic heterocycles. The summed E-state index contributed by atoms with van der Waals surface area (Å²) >= 11 is 0. The van der Waals surface area contributed by atoms with Gasteiger partial charge in [0.15, 0.2) is 23.0 Å².